The maximum atomic E-state index is 13.1. The van der Waals surface area contributed by atoms with Gasteiger partial charge in [0.15, 0.2) is 11.0 Å². The number of hydrogen-bond acceptors (Lipinski definition) is 5. The molecule has 0 aliphatic rings. The van der Waals surface area contributed by atoms with E-state index in [0.717, 1.165) is 28.9 Å². The molecule has 0 aliphatic heterocycles. The second kappa shape index (κ2) is 11.1. The quantitative estimate of drug-likeness (QED) is 0.280. The molecule has 0 atom stereocenters. The number of carbonyl (C=O) groups is 1. The number of nitrogens with one attached hydrogen (secondary N) is 1. The number of ether oxygens (including phenoxy) is 1. The minimum atomic E-state index is -4.41. The van der Waals surface area contributed by atoms with Crippen molar-refractivity contribution in [1.29, 1.82) is 0 Å². The van der Waals surface area contributed by atoms with Gasteiger partial charge in [0.2, 0.25) is 0 Å². The van der Waals surface area contributed by atoms with E-state index in [1.807, 2.05) is 36.6 Å². The van der Waals surface area contributed by atoms with Gasteiger partial charge >= 0.3 is 6.18 Å². The van der Waals surface area contributed by atoms with Gasteiger partial charge in [0, 0.05) is 11.3 Å². The maximum absolute atomic E-state index is 13.1. The first-order valence-corrected chi connectivity index (χ1v) is 12.4. The first-order chi connectivity index (χ1) is 17.7. The molecule has 0 saturated carbocycles. The highest BCUT2D eigenvalue weighted by molar-refractivity contribution is 7.98. The van der Waals surface area contributed by atoms with E-state index in [1.54, 1.807) is 37.4 Å². The van der Waals surface area contributed by atoms with E-state index in [0.29, 0.717) is 27.9 Å². The molecule has 0 spiro atoms. The Balaban J connectivity index is 1.59. The third-order valence-electron chi connectivity index (χ3n) is 5.69. The van der Waals surface area contributed by atoms with Crippen LogP contribution in [0.4, 0.5) is 13.2 Å². The average molecular weight is 527 g/mol. The van der Waals surface area contributed by atoms with Gasteiger partial charge in [-0.15, -0.1) is 10.2 Å². The predicted octanol–water partition coefficient (Wildman–Crippen LogP) is 6.13. The second-order valence-corrected chi connectivity index (χ2v) is 9.36. The summed E-state index contributed by atoms with van der Waals surface area (Å²) in [6.07, 6.45) is -4.41. The van der Waals surface area contributed by atoms with Crippen LogP contribution in [0.1, 0.15) is 38.4 Å². The Kier molecular flexibility index (Phi) is 7.87. The molecule has 0 unspecified atom stereocenters. The van der Waals surface area contributed by atoms with Gasteiger partial charge in [0.1, 0.15) is 5.75 Å². The molecule has 1 N–H and O–H groups in total. The summed E-state index contributed by atoms with van der Waals surface area (Å²) in [5, 5.41) is 12.0. The van der Waals surface area contributed by atoms with Crippen LogP contribution in [0, 0.1) is 13.8 Å². The largest absolute Gasteiger partial charge is 0.497 e. The molecule has 0 saturated heterocycles. The molecule has 0 aliphatic carbocycles. The summed E-state index contributed by atoms with van der Waals surface area (Å²) >= 11 is 1.28. The highest BCUT2D eigenvalue weighted by atomic mass is 32.2. The number of thioether (sulfide) groups is 1. The summed E-state index contributed by atoms with van der Waals surface area (Å²) in [5.74, 6) is 1.14. The van der Waals surface area contributed by atoms with Crippen molar-refractivity contribution >= 4 is 17.7 Å². The Hall–Kier alpha value is -3.79. The zero-order valence-electron chi connectivity index (χ0n) is 20.5. The third-order valence-corrected chi connectivity index (χ3v) is 6.69. The number of halogens is 3. The van der Waals surface area contributed by atoms with E-state index < -0.39 is 11.7 Å². The van der Waals surface area contributed by atoms with Gasteiger partial charge < -0.3 is 10.1 Å². The fourth-order valence-electron chi connectivity index (χ4n) is 3.70. The summed E-state index contributed by atoms with van der Waals surface area (Å²) in [6, 6.07) is 17.9. The Labute approximate surface area is 216 Å². The monoisotopic (exact) mass is 526 g/mol. The van der Waals surface area contributed by atoms with Gasteiger partial charge in [0.05, 0.1) is 24.9 Å². The lowest BCUT2D eigenvalue weighted by Gasteiger charge is -2.14. The first-order valence-electron chi connectivity index (χ1n) is 11.4. The molecule has 192 valence electrons. The molecule has 4 rings (SSSR count). The molecular weight excluding hydrogens is 501 g/mol. The number of alkyl halides is 3. The molecule has 1 aromatic heterocycles. The lowest BCUT2D eigenvalue weighted by atomic mass is 10.1. The number of nitrogens with zero attached hydrogens (tertiary/aromatic N) is 3. The van der Waals surface area contributed by atoms with Crippen LogP contribution in [0.15, 0.2) is 71.9 Å². The van der Waals surface area contributed by atoms with Crippen molar-refractivity contribution < 1.29 is 22.7 Å². The van der Waals surface area contributed by atoms with Gasteiger partial charge in [-0.1, -0.05) is 42.1 Å². The van der Waals surface area contributed by atoms with Gasteiger partial charge in [-0.25, -0.2) is 0 Å². The van der Waals surface area contributed by atoms with Crippen LogP contribution in [0.5, 0.6) is 5.75 Å². The van der Waals surface area contributed by atoms with Gasteiger partial charge in [-0.2, -0.15) is 13.2 Å². The molecule has 6 nitrogen and oxygen atoms in total. The first kappa shape index (κ1) is 26.3. The Morgan fingerprint density at radius 1 is 1.03 bits per heavy atom. The second-order valence-electron chi connectivity index (χ2n) is 8.42. The fraction of sp³-hybridized carbons (Fsp3) is 0.222. The van der Waals surface area contributed by atoms with E-state index in [4.69, 9.17) is 4.74 Å². The van der Waals surface area contributed by atoms with Crippen LogP contribution in [0.25, 0.3) is 5.69 Å². The van der Waals surface area contributed by atoms with Gasteiger partial charge in [-0.3, -0.25) is 9.36 Å². The summed E-state index contributed by atoms with van der Waals surface area (Å²) in [6.45, 7) is 4.03. The zero-order chi connectivity index (χ0) is 26.6. The van der Waals surface area contributed by atoms with Gasteiger partial charge in [0.25, 0.3) is 5.91 Å². The van der Waals surface area contributed by atoms with Crippen LogP contribution < -0.4 is 10.1 Å². The number of amides is 1. The minimum absolute atomic E-state index is 0.107. The molecule has 4 aromatic rings. The molecule has 1 amide bonds. The minimum Gasteiger partial charge on any atom is -0.497 e. The number of methoxy groups -OCH3 is 1. The summed E-state index contributed by atoms with van der Waals surface area (Å²) in [4.78, 5) is 12.7. The van der Waals surface area contributed by atoms with E-state index in [2.05, 4.69) is 15.5 Å². The van der Waals surface area contributed by atoms with Crippen molar-refractivity contribution in [1.82, 2.24) is 20.1 Å². The molecule has 1 heterocycles. The van der Waals surface area contributed by atoms with E-state index in [9.17, 15) is 18.0 Å². The SMILES string of the molecule is COc1ccc(C(=O)NCc2nnc(SCc3cccc(C(F)(F)F)c3)n2-c2cc(C)ccc2C)cc1. The number of hydrogen-bond donors (Lipinski definition) is 1. The average Bonchev–Trinajstić information content (AvgIpc) is 3.29. The number of rotatable bonds is 8. The van der Waals surface area contributed by atoms with Crippen molar-refractivity contribution in [3.8, 4) is 11.4 Å². The normalized spacial score (nSPS) is 11.4. The summed E-state index contributed by atoms with van der Waals surface area (Å²) in [7, 11) is 1.55. The van der Waals surface area contributed by atoms with Crippen molar-refractivity contribution in [3.63, 3.8) is 0 Å². The maximum Gasteiger partial charge on any atom is 0.416 e. The molecule has 37 heavy (non-hydrogen) atoms. The zero-order valence-corrected chi connectivity index (χ0v) is 21.3. The lowest BCUT2D eigenvalue weighted by molar-refractivity contribution is -0.137. The lowest BCUT2D eigenvalue weighted by Crippen LogP contribution is -2.24. The van der Waals surface area contributed by atoms with Crippen molar-refractivity contribution in [2.45, 2.75) is 37.5 Å². The number of aromatic nitrogens is 3. The van der Waals surface area contributed by atoms with Crippen LogP contribution in [-0.2, 0) is 18.5 Å². The molecule has 3 aromatic carbocycles. The van der Waals surface area contributed by atoms with Crippen molar-refractivity contribution in [2.24, 2.45) is 0 Å². The molecule has 0 radical (unpaired) electrons. The summed E-state index contributed by atoms with van der Waals surface area (Å²) < 4.78 is 46.4. The Morgan fingerprint density at radius 2 is 1.78 bits per heavy atom. The van der Waals surface area contributed by atoms with Crippen molar-refractivity contribution in [3.05, 3.63) is 100 Å². The highest BCUT2D eigenvalue weighted by Crippen LogP contribution is 2.32. The fourth-order valence-corrected chi connectivity index (χ4v) is 4.61. The number of aryl methyl sites for hydroxylation is 2. The number of carbonyl (C=O) groups excluding carboxylic acids is 1. The summed E-state index contributed by atoms with van der Waals surface area (Å²) in [5.41, 5.74) is 3.13. The van der Waals surface area contributed by atoms with Crippen LogP contribution in [0.2, 0.25) is 0 Å². The predicted molar refractivity (Wildman–Crippen MR) is 136 cm³/mol. The highest BCUT2D eigenvalue weighted by Gasteiger charge is 2.30. The standard InChI is InChI=1S/C27H25F3N4O2S/c1-17-7-8-18(2)23(13-17)34-24(15-31-25(35)20-9-11-22(36-3)12-10-20)32-33-26(34)37-16-19-5-4-6-21(14-19)27(28,29)30/h4-14H,15-16H2,1-3H3,(H,31,35). The number of benzene rings is 3. The molecule has 10 heteroatoms. The molecule has 0 bridgehead atoms. The Bertz CT molecular complexity index is 1400. The van der Waals surface area contributed by atoms with E-state index >= 15 is 0 Å². The Morgan fingerprint density at radius 3 is 2.49 bits per heavy atom. The smallest absolute Gasteiger partial charge is 0.416 e. The molecular formula is C27H25F3N4O2S. The van der Waals surface area contributed by atoms with E-state index in [1.165, 1.54) is 17.8 Å². The topological polar surface area (TPSA) is 69.0 Å². The third kappa shape index (κ3) is 6.32. The van der Waals surface area contributed by atoms with Crippen molar-refractivity contribution in [2.75, 3.05) is 7.11 Å². The van der Waals surface area contributed by atoms with Crippen LogP contribution in [0.3, 0.4) is 0 Å². The van der Waals surface area contributed by atoms with E-state index in [-0.39, 0.29) is 18.2 Å². The van der Waals surface area contributed by atoms with Gasteiger partial charge in [-0.05, 0) is 66.9 Å². The van der Waals surface area contributed by atoms with Crippen LogP contribution >= 0.6 is 11.8 Å². The molecule has 0 fully saturated rings. The van der Waals surface area contributed by atoms with Crippen LogP contribution in [-0.4, -0.2) is 27.8 Å².